The van der Waals surface area contributed by atoms with Gasteiger partial charge in [-0.2, -0.15) is 5.06 Å². The molecule has 0 spiro atoms. The molecule has 4 fully saturated rings. The van der Waals surface area contributed by atoms with E-state index in [2.05, 4.69) is 5.32 Å². The lowest BCUT2D eigenvalue weighted by Gasteiger charge is -2.50. The van der Waals surface area contributed by atoms with Crippen molar-refractivity contribution < 1.29 is 104 Å². The number of nitrogens with zero attached hydrogens (tertiary/aromatic N) is 1. The molecule has 310 valence electrons. The molecule has 24 heteroatoms. The molecular weight excluding hydrogens is 726 g/mol. The lowest BCUT2D eigenvalue weighted by atomic mass is 9.94. The van der Waals surface area contributed by atoms with Crippen LogP contribution in [0.1, 0.15) is 6.92 Å². The van der Waals surface area contributed by atoms with E-state index in [1.165, 1.54) is 7.05 Å². The van der Waals surface area contributed by atoms with Gasteiger partial charge in [-0.25, -0.2) is 0 Å². The first-order valence-electron chi connectivity index (χ1n) is 16.9. The predicted octanol–water partition coefficient (Wildman–Crippen LogP) is -9.78. The van der Waals surface area contributed by atoms with Gasteiger partial charge in [0.25, 0.3) is 0 Å². The maximum Gasteiger partial charge on any atom is 0.217 e. The highest BCUT2D eigenvalue weighted by Crippen LogP contribution is 2.34. The maximum absolute atomic E-state index is 12.3. The average molecular weight is 780 g/mol. The summed E-state index contributed by atoms with van der Waals surface area (Å²) in [6.07, 6.45) is -32.4. The monoisotopic (exact) mass is 779 g/mol. The van der Waals surface area contributed by atoms with Crippen molar-refractivity contribution >= 4 is 5.91 Å². The summed E-state index contributed by atoms with van der Waals surface area (Å²) in [7, 11) is 1.39. The van der Waals surface area contributed by atoms with E-state index in [1.54, 1.807) is 0 Å². The molecule has 20 atom stereocenters. The van der Waals surface area contributed by atoms with E-state index in [0.29, 0.717) is 0 Å². The van der Waals surface area contributed by atoms with Gasteiger partial charge < -0.3 is 105 Å². The van der Waals surface area contributed by atoms with Gasteiger partial charge in [-0.1, -0.05) is 0 Å². The number of ether oxygens (including phenoxy) is 7. The molecule has 24 nitrogen and oxygen atoms in total. The first-order chi connectivity index (χ1) is 25.1. The average Bonchev–Trinajstić information content (AvgIpc) is 3.14. The Labute approximate surface area is 302 Å². The van der Waals surface area contributed by atoms with Crippen LogP contribution in [0.25, 0.3) is 0 Å². The van der Waals surface area contributed by atoms with Crippen LogP contribution in [-0.2, 0) is 42.8 Å². The molecule has 4 rings (SSSR count). The lowest BCUT2D eigenvalue weighted by Crippen LogP contribution is -2.70. The smallest absolute Gasteiger partial charge is 0.217 e. The zero-order valence-corrected chi connectivity index (χ0v) is 28.9. The fourth-order valence-corrected chi connectivity index (χ4v) is 6.52. The Morgan fingerprint density at radius 2 is 1.06 bits per heavy atom. The fourth-order valence-electron chi connectivity index (χ4n) is 6.52. The van der Waals surface area contributed by atoms with Crippen molar-refractivity contribution in [2.45, 2.75) is 130 Å². The van der Waals surface area contributed by atoms with Crippen LogP contribution in [-0.4, -0.2) is 242 Å². The van der Waals surface area contributed by atoms with E-state index >= 15 is 0 Å². The Morgan fingerprint density at radius 3 is 1.60 bits per heavy atom. The number of nitrogens with one attached hydrogen (secondary N) is 1. The number of carbonyl (C=O) groups excluding carboxylic acids is 1. The quantitative estimate of drug-likeness (QED) is 0.0686. The van der Waals surface area contributed by atoms with Crippen LogP contribution in [0.2, 0.25) is 0 Å². The van der Waals surface area contributed by atoms with Gasteiger partial charge in [-0.15, -0.1) is 0 Å². The van der Waals surface area contributed by atoms with E-state index in [0.717, 1.165) is 12.0 Å². The molecule has 0 saturated carbocycles. The van der Waals surface area contributed by atoms with Gasteiger partial charge in [-0.05, 0) is 0 Å². The second kappa shape index (κ2) is 19.6. The summed E-state index contributed by atoms with van der Waals surface area (Å²) >= 11 is 0. The number of likely N-dealkylation sites (N-methyl/N-ethyl adjacent to an activating group) is 1. The minimum atomic E-state index is -2.03. The van der Waals surface area contributed by atoms with Crippen LogP contribution in [0.5, 0.6) is 0 Å². The Kier molecular flexibility index (Phi) is 16.4. The summed E-state index contributed by atoms with van der Waals surface area (Å²) in [5.41, 5.74) is 5.43. The van der Waals surface area contributed by atoms with Crippen molar-refractivity contribution in [3.05, 3.63) is 0 Å². The molecule has 0 aromatic heterocycles. The first-order valence-corrected chi connectivity index (χ1v) is 16.9. The van der Waals surface area contributed by atoms with Crippen LogP contribution >= 0.6 is 0 Å². The number of hydroxylamine groups is 2. The maximum atomic E-state index is 12.3. The van der Waals surface area contributed by atoms with Gasteiger partial charge >= 0.3 is 0 Å². The molecule has 53 heavy (non-hydrogen) atoms. The predicted molar refractivity (Wildman–Crippen MR) is 166 cm³/mol. The van der Waals surface area contributed by atoms with Crippen molar-refractivity contribution in [2.75, 3.05) is 46.6 Å². The third-order valence-electron chi connectivity index (χ3n) is 9.38. The van der Waals surface area contributed by atoms with E-state index in [4.69, 9.17) is 43.7 Å². The summed E-state index contributed by atoms with van der Waals surface area (Å²) in [5, 5.41) is 129. The number of carbonyl (C=O) groups is 1. The molecule has 0 aromatic carbocycles. The largest absolute Gasteiger partial charge is 0.394 e. The van der Waals surface area contributed by atoms with E-state index < -0.39 is 155 Å². The number of rotatable bonds is 15. The van der Waals surface area contributed by atoms with Gasteiger partial charge in [0.05, 0.1) is 33.0 Å². The van der Waals surface area contributed by atoms with E-state index in [9.17, 15) is 66.1 Å². The summed E-state index contributed by atoms with van der Waals surface area (Å²) in [4.78, 5) is 17.6. The molecular formula is C29H53N3O21. The number of hydrogen-bond donors (Lipinski definition) is 14. The zero-order chi connectivity index (χ0) is 39.3. The zero-order valence-electron chi connectivity index (χ0n) is 28.9. The standard InChI is InChI=1S/C29H53N3O21/c1-9(37)31-14-25(53-28-21(44)17(40)15(38)10(5-33)49-28)16(39)11(6-34)48-27(14)51-24-13(8-36)50-29(22(45)19(24)42)52-23-12(7-35)47-26(20(43)18(23)41)32(2)46-4-3-30/h10-29,33-36,38-45H,3-8,30H2,1-2H3,(H,31,37)/t10?,11?,12?,13?,14?,15-,16-,17?,18?,19?,20?,21?,22?,23+,24-,25?,26+,27-,28-,29-/m0/s1. The van der Waals surface area contributed by atoms with Crippen LogP contribution < -0.4 is 11.1 Å². The third-order valence-corrected chi connectivity index (χ3v) is 9.38. The summed E-state index contributed by atoms with van der Waals surface area (Å²) in [5.74, 6) is -0.745. The third kappa shape index (κ3) is 9.77. The molecule has 12 unspecified atom stereocenters. The van der Waals surface area contributed by atoms with Gasteiger partial charge in [-0.3, -0.25) is 9.63 Å². The molecule has 0 radical (unpaired) electrons. The second-order valence-corrected chi connectivity index (χ2v) is 13.0. The highest BCUT2D eigenvalue weighted by molar-refractivity contribution is 5.73. The van der Waals surface area contributed by atoms with Gasteiger partial charge in [0.1, 0.15) is 97.6 Å². The molecule has 0 aromatic rings. The van der Waals surface area contributed by atoms with Crippen LogP contribution in [0.4, 0.5) is 0 Å². The fraction of sp³-hybridized carbons (Fsp3) is 0.966. The SMILES string of the molecule is CC(=O)NC1C(O[C@@H]2OC(CO)[C@H](O)C(O)C2O)[C@@H](O)C(CO)O[C@H]1O[C@H]1C(CO)O[C@@H](O[C@@H]2C(CO)O[C@@H](N(C)OCCN)C(O)C2O)C(O)C1O. The van der Waals surface area contributed by atoms with Crippen LogP contribution in [0, 0.1) is 0 Å². The normalized spacial score (nSPS) is 46.7. The number of hydrogen-bond acceptors (Lipinski definition) is 23. The Bertz CT molecular complexity index is 1130. The lowest BCUT2D eigenvalue weighted by molar-refractivity contribution is -0.382. The van der Waals surface area contributed by atoms with Gasteiger partial charge in [0.15, 0.2) is 25.1 Å². The Hall–Kier alpha value is -1.41. The summed E-state index contributed by atoms with van der Waals surface area (Å²) in [6, 6.07) is -1.57. The highest BCUT2D eigenvalue weighted by Gasteiger charge is 2.56. The van der Waals surface area contributed by atoms with E-state index in [-0.39, 0.29) is 13.2 Å². The molecule has 15 N–H and O–H groups in total. The molecule has 4 saturated heterocycles. The van der Waals surface area contributed by atoms with Crippen molar-refractivity contribution in [1.29, 1.82) is 0 Å². The molecule has 4 aliphatic heterocycles. The topological polar surface area (TPSA) is 375 Å². The number of amides is 1. The van der Waals surface area contributed by atoms with Crippen LogP contribution in [0.3, 0.4) is 0 Å². The van der Waals surface area contributed by atoms with Gasteiger partial charge in [0.2, 0.25) is 5.91 Å². The molecule has 0 bridgehead atoms. The minimum Gasteiger partial charge on any atom is -0.394 e. The summed E-state index contributed by atoms with van der Waals surface area (Å²) < 4.78 is 39.8. The van der Waals surface area contributed by atoms with Crippen molar-refractivity contribution in [2.24, 2.45) is 5.73 Å². The summed E-state index contributed by atoms with van der Waals surface area (Å²) in [6.45, 7) is -2.13. The van der Waals surface area contributed by atoms with Crippen molar-refractivity contribution in [3.8, 4) is 0 Å². The van der Waals surface area contributed by atoms with Crippen molar-refractivity contribution in [3.63, 3.8) is 0 Å². The molecule has 1 amide bonds. The van der Waals surface area contributed by atoms with Gasteiger partial charge in [0, 0.05) is 20.5 Å². The Morgan fingerprint density at radius 1 is 0.604 bits per heavy atom. The Balaban J connectivity index is 1.53. The minimum absolute atomic E-state index is 0.0410. The number of aliphatic hydroxyl groups excluding tert-OH is 12. The molecule has 4 heterocycles. The van der Waals surface area contributed by atoms with Crippen LogP contribution in [0.15, 0.2) is 0 Å². The van der Waals surface area contributed by atoms with E-state index in [1.807, 2.05) is 0 Å². The second-order valence-electron chi connectivity index (χ2n) is 13.0. The first kappa shape index (κ1) is 44.3. The number of nitrogens with two attached hydrogens (primary N) is 1. The molecule has 0 aliphatic carbocycles. The van der Waals surface area contributed by atoms with Crippen molar-refractivity contribution in [1.82, 2.24) is 10.4 Å². The highest BCUT2D eigenvalue weighted by atomic mass is 16.8. The molecule has 4 aliphatic rings. The number of aliphatic hydroxyl groups is 12.